The number of pyridine rings is 1. The lowest BCUT2D eigenvalue weighted by Gasteiger charge is -2.01. The summed E-state index contributed by atoms with van der Waals surface area (Å²) in [5.74, 6) is 0. The molecule has 0 aliphatic carbocycles. The van der Waals surface area contributed by atoms with Gasteiger partial charge in [0.1, 0.15) is 11.8 Å². The SMILES string of the molecule is N#Cc1nccc2c(N)cccc12. The Morgan fingerprint density at radius 1 is 1.23 bits per heavy atom. The minimum atomic E-state index is 0.421. The molecule has 0 unspecified atom stereocenters. The summed E-state index contributed by atoms with van der Waals surface area (Å²) in [7, 11) is 0. The van der Waals surface area contributed by atoms with E-state index in [4.69, 9.17) is 11.0 Å². The van der Waals surface area contributed by atoms with Crippen molar-refractivity contribution in [2.45, 2.75) is 0 Å². The second-order valence-corrected chi connectivity index (χ2v) is 2.71. The molecule has 2 aromatic rings. The van der Waals surface area contributed by atoms with Crippen molar-refractivity contribution in [3.8, 4) is 6.07 Å². The first-order valence-corrected chi connectivity index (χ1v) is 3.86. The molecule has 1 aromatic carbocycles. The van der Waals surface area contributed by atoms with E-state index in [2.05, 4.69) is 4.98 Å². The highest BCUT2D eigenvalue weighted by Gasteiger charge is 2.01. The third-order valence-corrected chi connectivity index (χ3v) is 1.95. The van der Waals surface area contributed by atoms with Crippen LogP contribution in [-0.4, -0.2) is 4.98 Å². The van der Waals surface area contributed by atoms with Gasteiger partial charge in [-0.05, 0) is 12.1 Å². The Balaban J connectivity index is 2.94. The van der Waals surface area contributed by atoms with E-state index in [1.807, 2.05) is 30.3 Å². The Bertz CT molecular complexity index is 497. The molecule has 2 N–H and O–H groups in total. The Labute approximate surface area is 75.4 Å². The zero-order valence-electron chi connectivity index (χ0n) is 6.86. The lowest BCUT2D eigenvalue weighted by molar-refractivity contribution is 1.30. The largest absolute Gasteiger partial charge is 0.398 e. The van der Waals surface area contributed by atoms with Crippen LogP contribution in [0.4, 0.5) is 5.69 Å². The maximum Gasteiger partial charge on any atom is 0.148 e. The maximum atomic E-state index is 8.77. The average molecular weight is 169 g/mol. The van der Waals surface area contributed by atoms with Gasteiger partial charge in [-0.25, -0.2) is 4.98 Å². The molecular weight excluding hydrogens is 162 g/mol. The van der Waals surface area contributed by atoms with Gasteiger partial charge in [0.2, 0.25) is 0 Å². The zero-order chi connectivity index (χ0) is 9.26. The first-order valence-electron chi connectivity index (χ1n) is 3.86. The van der Waals surface area contributed by atoms with Crippen LogP contribution in [0.5, 0.6) is 0 Å². The molecule has 0 aliphatic heterocycles. The van der Waals surface area contributed by atoms with Gasteiger partial charge in [-0.3, -0.25) is 0 Å². The molecule has 3 heteroatoms. The molecule has 0 saturated carbocycles. The summed E-state index contributed by atoms with van der Waals surface area (Å²) in [6.07, 6.45) is 1.59. The summed E-state index contributed by atoms with van der Waals surface area (Å²) in [6.45, 7) is 0. The van der Waals surface area contributed by atoms with Crippen LogP contribution in [0.3, 0.4) is 0 Å². The van der Waals surface area contributed by atoms with Crippen molar-refractivity contribution in [3.05, 3.63) is 36.2 Å². The summed E-state index contributed by atoms with van der Waals surface area (Å²) in [6, 6.07) is 9.31. The third-order valence-electron chi connectivity index (χ3n) is 1.95. The number of nitrogen functional groups attached to an aromatic ring is 1. The number of nitrogens with zero attached hydrogens (tertiary/aromatic N) is 2. The molecule has 1 aromatic heterocycles. The van der Waals surface area contributed by atoms with Gasteiger partial charge in [0.15, 0.2) is 0 Å². The van der Waals surface area contributed by atoms with Crippen LogP contribution in [0.25, 0.3) is 10.8 Å². The summed E-state index contributed by atoms with van der Waals surface area (Å²) < 4.78 is 0. The van der Waals surface area contributed by atoms with Gasteiger partial charge in [-0.2, -0.15) is 5.26 Å². The van der Waals surface area contributed by atoms with E-state index in [0.29, 0.717) is 11.4 Å². The van der Waals surface area contributed by atoms with Crippen molar-refractivity contribution in [2.75, 3.05) is 5.73 Å². The summed E-state index contributed by atoms with van der Waals surface area (Å²) in [5.41, 5.74) is 6.84. The number of hydrogen-bond donors (Lipinski definition) is 1. The Morgan fingerprint density at radius 3 is 2.85 bits per heavy atom. The summed E-state index contributed by atoms with van der Waals surface area (Å²) >= 11 is 0. The van der Waals surface area contributed by atoms with E-state index in [1.54, 1.807) is 6.20 Å². The van der Waals surface area contributed by atoms with Gasteiger partial charge < -0.3 is 5.73 Å². The van der Waals surface area contributed by atoms with Crippen molar-refractivity contribution >= 4 is 16.5 Å². The fourth-order valence-electron chi connectivity index (χ4n) is 1.32. The highest BCUT2D eigenvalue weighted by Crippen LogP contribution is 2.21. The van der Waals surface area contributed by atoms with E-state index in [1.165, 1.54) is 0 Å². The molecule has 0 spiro atoms. The number of anilines is 1. The Kier molecular flexibility index (Phi) is 1.60. The number of nitriles is 1. The lowest BCUT2D eigenvalue weighted by atomic mass is 10.1. The molecule has 0 aliphatic rings. The second-order valence-electron chi connectivity index (χ2n) is 2.71. The van der Waals surface area contributed by atoms with E-state index in [0.717, 1.165) is 10.8 Å². The van der Waals surface area contributed by atoms with Crippen LogP contribution in [0, 0.1) is 11.3 Å². The molecule has 0 atom stereocenters. The standard InChI is InChI=1S/C10H7N3/c11-6-10-8-2-1-3-9(12)7(8)4-5-13-10/h1-5H,12H2. The van der Waals surface area contributed by atoms with Crippen LogP contribution in [0.1, 0.15) is 5.69 Å². The normalized spacial score (nSPS) is 9.77. The number of aromatic nitrogens is 1. The van der Waals surface area contributed by atoms with Crippen molar-refractivity contribution < 1.29 is 0 Å². The Morgan fingerprint density at radius 2 is 2.08 bits per heavy atom. The van der Waals surface area contributed by atoms with Crippen molar-refractivity contribution in [1.82, 2.24) is 4.98 Å². The summed E-state index contributed by atoms with van der Waals surface area (Å²) in [4.78, 5) is 3.95. The number of rotatable bonds is 0. The highest BCUT2D eigenvalue weighted by molar-refractivity contribution is 5.95. The molecule has 3 nitrogen and oxygen atoms in total. The molecule has 1 heterocycles. The number of fused-ring (bicyclic) bond motifs is 1. The molecule has 0 fully saturated rings. The molecule has 2 rings (SSSR count). The number of hydrogen-bond acceptors (Lipinski definition) is 3. The number of benzene rings is 1. The minimum absolute atomic E-state index is 0.421. The van der Waals surface area contributed by atoms with Crippen LogP contribution in [0.15, 0.2) is 30.5 Å². The molecule has 0 bridgehead atoms. The van der Waals surface area contributed by atoms with Crippen molar-refractivity contribution in [2.24, 2.45) is 0 Å². The molecule has 62 valence electrons. The minimum Gasteiger partial charge on any atom is -0.398 e. The van der Waals surface area contributed by atoms with Crippen LogP contribution < -0.4 is 5.73 Å². The van der Waals surface area contributed by atoms with E-state index < -0.39 is 0 Å². The van der Waals surface area contributed by atoms with Gasteiger partial charge in [0.25, 0.3) is 0 Å². The monoisotopic (exact) mass is 169 g/mol. The third kappa shape index (κ3) is 1.09. The zero-order valence-corrected chi connectivity index (χ0v) is 6.86. The Hall–Kier alpha value is -2.08. The van der Waals surface area contributed by atoms with Crippen LogP contribution >= 0.6 is 0 Å². The average Bonchev–Trinajstić information content (AvgIpc) is 2.18. The number of nitrogens with two attached hydrogens (primary N) is 1. The van der Waals surface area contributed by atoms with Crippen LogP contribution in [0.2, 0.25) is 0 Å². The molecule has 0 radical (unpaired) electrons. The van der Waals surface area contributed by atoms with Gasteiger partial charge in [-0.15, -0.1) is 0 Å². The fourth-order valence-corrected chi connectivity index (χ4v) is 1.32. The van der Waals surface area contributed by atoms with Gasteiger partial charge in [0.05, 0.1) is 0 Å². The molecule has 13 heavy (non-hydrogen) atoms. The second kappa shape index (κ2) is 2.76. The van der Waals surface area contributed by atoms with Crippen molar-refractivity contribution in [1.29, 1.82) is 5.26 Å². The van der Waals surface area contributed by atoms with E-state index >= 15 is 0 Å². The molecule has 0 amide bonds. The van der Waals surface area contributed by atoms with Gasteiger partial charge >= 0.3 is 0 Å². The van der Waals surface area contributed by atoms with E-state index in [9.17, 15) is 0 Å². The van der Waals surface area contributed by atoms with E-state index in [-0.39, 0.29) is 0 Å². The lowest BCUT2D eigenvalue weighted by Crippen LogP contribution is -1.89. The molecule has 0 saturated heterocycles. The van der Waals surface area contributed by atoms with Gasteiger partial charge in [0, 0.05) is 22.7 Å². The quantitative estimate of drug-likeness (QED) is 0.610. The highest BCUT2D eigenvalue weighted by atomic mass is 14.7. The van der Waals surface area contributed by atoms with Gasteiger partial charge in [-0.1, -0.05) is 12.1 Å². The summed E-state index contributed by atoms with van der Waals surface area (Å²) in [5, 5.41) is 10.5. The first-order chi connectivity index (χ1) is 6.33. The maximum absolute atomic E-state index is 8.77. The predicted octanol–water partition coefficient (Wildman–Crippen LogP) is 1.69. The van der Waals surface area contributed by atoms with Crippen molar-refractivity contribution in [3.63, 3.8) is 0 Å². The molecular formula is C10H7N3. The van der Waals surface area contributed by atoms with Crippen LogP contribution in [-0.2, 0) is 0 Å². The smallest absolute Gasteiger partial charge is 0.148 e. The first kappa shape index (κ1) is 7.56. The fraction of sp³-hybridized carbons (Fsp3) is 0. The predicted molar refractivity (Wildman–Crippen MR) is 50.9 cm³/mol. The topological polar surface area (TPSA) is 62.7 Å².